The summed E-state index contributed by atoms with van der Waals surface area (Å²) in [6, 6.07) is 8.46. The molecule has 2 saturated carbocycles. The van der Waals surface area contributed by atoms with Gasteiger partial charge in [-0.15, -0.1) is 0 Å². The number of hydrogen-bond acceptors (Lipinski definition) is 5. The van der Waals surface area contributed by atoms with Gasteiger partial charge in [0.05, 0.1) is 19.3 Å². The molecule has 36 heavy (non-hydrogen) atoms. The molecule has 1 N–H and O–H groups in total. The van der Waals surface area contributed by atoms with E-state index in [-0.39, 0.29) is 12.0 Å². The lowest BCUT2D eigenvalue weighted by Crippen LogP contribution is -2.32. The van der Waals surface area contributed by atoms with E-state index in [0.29, 0.717) is 25.6 Å². The molecule has 3 rings (SSSR count). The average Bonchev–Trinajstić information content (AvgIpc) is 2.92. The maximum Gasteiger partial charge on any atom is 0.330 e. The van der Waals surface area contributed by atoms with Crippen molar-refractivity contribution in [2.75, 3.05) is 13.2 Å². The van der Waals surface area contributed by atoms with E-state index in [4.69, 9.17) is 14.2 Å². The minimum Gasteiger partial charge on any atom is -0.465 e. The van der Waals surface area contributed by atoms with Gasteiger partial charge in [-0.05, 0) is 80.9 Å². The summed E-state index contributed by atoms with van der Waals surface area (Å²) in [6.45, 7) is 6.59. The molecule has 1 unspecified atom stereocenters. The second-order valence-electron chi connectivity index (χ2n) is 10.8. The standard InChI is InChI=1S/C31H48O5/c1-3-5-6-7-9-24-10-12-25(13-11-24)26-14-20-29(21-15-26)36-31(33)27-16-18-28(19-17-27)34-22-8-23-35-30(32)4-2/h4,14-15,20-21,24-25,27-28,31,33H,2-3,5-13,16-19,22-23H2,1H3. The Morgan fingerprint density at radius 1 is 0.972 bits per heavy atom. The first kappa shape index (κ1) is 28.7. The van der Waals surface area contributed by atoms with Crippen LogP contribution in [0.1, 0.15) is 108 Å². The van der Waals surface area contributed by atoms with E-state index in [9.17, 15) is 9.90 Å². The van der Waals surface area contributed by atoms with Crippen LogP contribution in [0, 0.1) is 11.8 Å². The fraction of sp³-hybridized carbons (Fsp3) is 0.710. The minimum atomic E-state index is -0.779. The summed E-state index contributed by atoms with van der Waals surface area (Å²) >= 11 is 0. The summed E-state index contributed by atoms with van der Waals surface area (Å²) in [7, 11) is 0. The van der Waals surface area contributed by atoms with Crippen molar-refractivity contribution in [3.8, 4) is 5.75 Å². The SMILES string of the molecule is C=CC(=O)OCCCOC1CCC(C(O)Oc2ccc(C3CCC(CCCCCC)CC3)cc2)CC1. The first-order valence-corrected chi connectivity index (χ1v) is 14.4. The Balaban J connectivity index is 1.31. The largest absolute Gasteiger partial charge is 0.465 e. The Labute approximate surface area is 218 Å². The van der Waals surface area contributed by atoms with Gasteiger partial charge >= 0.3 is 5.97 Å². The Hall–Kier alpha value is -1.85. The van der Waals surface area contributed by atoms with Gasteiger partial charge in [0.15, 0.2) is 6.29 Å². The van der Waals surface area contributed by atoms with Gasteiger partial charge in [-0.3, -0.25) is 0 Å². The van der Waals surface area contributed by atoms with Crippen LogP contribution in [-0.4, -0.2) is 36.7 Å². The van der Waals surface area contributed by atoms with Crippen LogP contribution in [0.3, 0.4) is 0 Å². The fourth-order valence-electron chi connectivity index (χ4n) is 5.78. The van der Waals surface area contributed by atoms with Crippen molar-refractivity contribution in [1.29, 1.82) is 0 Å². The molecule has 0 aromatic heterocycles. The summed E-state index contributed by atoms with van der Waals surface area (Å²) < 4.78 is 16.8. The molecule has 1 atom stereocenters. The number of benzene rings is 1. The smallest absolute Gasteiger partial charge is 0.330 e. The topological polar surface area (TPSA) is 65.0 Å². The quantitative estimate of drug-likeness (QED) is 0.118. The number of rotatable bonds is 15. The van der Waals surface area contributed by atoms with Gasteiger partial charge in [0, 0.05) is 18.4 Å². The molecule has 1 aromatic carbocycles. The first-order chi connectivity index (χ1) is 17.6. The van der Waals surface area contributed by atoms with Gasteiger partial charge in [-0.2, -0.15) is 0 Å². The molecular weight excluding hydrogens is 452 g/mol. The van der Waals surface area contributed by atoms with Gasteiger partial charge < -0.3 is 19.3 Å². The molecule has 0 amide bonds. The monoisotopic (exact) mass is 500 g/mol. The normalized spacial score (nSPS) is 25.2. The summed E-state index contributed by atoms with van der Waals surface area (Å²) in [6.07, 6.45) is 17.1. The van der Waals surface area contributed by atoms with Crippen molar-refractivity contribution in [3.63, 3.8) is 0 Å². The first-order valence-electron chi connectivity index (χ1n) is 14.4. The third-order valence-corrected chi connectivity index (χ3v) is 8.10. The molecule has 5 heteroatoms. The molecule has 202 valence electrons. The lowest BCUT2D eigenvalue weighted by molar-refractivity contribution is -0.138. The Morgan fingerprint density at radius 3 is 2.36 bits per heavy atom. The van der Waals surface area contributed by atoms with Gasteiger partial charge in [-0.25, -0.2) is 4.79 Å². The Bertz CT molecular complexity index is 745. The van der Waals surface area contributed by atoms with Crippen molar-refractivity contribution < 1.29 is 24.1 Å². The Morgan fingerprint density at radius 2 is 1.69 bits per heavy atom. The van der Waals surface area contributed by atoms with Crippen molar-refractivity contribution >= 4 is 5.97 Å². The van der Waals surface area contributed by atoms with Crippen molar-refractivity contribution in [2.45, 2.75) is 115 Å². The lowest BCUT2D eigenvalue weighted by Gasteiger charge is -2.31. The lowest BCUT2D eigenvalue weighted by atomic mass is 9.77. The maximum absolute atomic E-state index is 11.0. The number of unbranched alkanes of at least 4 members (excludes halogenated alkanes) is 3. The number of carbonyl (C=O) groups is 1. The van der Waals surface area contributed by atoms with E-state index in [2.05, 4.69) is 25.6 Å². The highest BCUT2D eigenvalue weighted by molar-refractivity contribution is 5.81. The predicted octanol–water partition coefficient (Wildman–Crippen LogP) is 7.32. The second-order valence-corrected chi connectivity index (χ2v) is 10.8. The number of aliphatic hydroxyl groups is 1. The molecule has 0 aliphatic heterocycles. The van der Waals surface area contributed by atoms with Gasteiger partial charge in [-0.1, -0.05) is 57.7 Å². The number of aliphatic hydroxyl groups excluding tert-OH is 1. The van der Waals surface area contributed by atoms with Gasteiger partial charge in [0.1, 0.15) is 5.75 Å². The van der Waals surface area contributed by atoms with Crippen LogP contribution >= 0.6 is 0 Å². The molecule has 2 aliphatic carbocycles. The zero-order valence-electron chi connectivity index (χ0n) is 22.4. The molecule has 0 bridgehead atoms. The minimum absolute atomic E-state index is 0.130. The summed E-state index contributed by atoms with van der Waals surface area (Å²) in [5.74, 6) is 2.09. The molecule has 0 heterocycles. The highest BCUT2D eigenvalue weighted by Gasteiger charge is 2.28. The predicted molar refractivity (Wildman–Crippen MR) is 144 cm³/mol. The average molecular weight is 501 g/mol. The van der Waals surface area contributed by atoms with Gasteiger partial charge in [0.2, 0.25) is 0 Å². The molecule has 0 spiro atoms. The van der Waals surface area contributed by atoms with E-state index < -0.39 is 12.3 Å². The molecule has 1 aromatic rings. The summed E-state index contributed by atoms with van der Waals surface area (Å²) in [5, 5.41) is 10.7. The maximum atomic E-state index is 11.0. The Kier molecular flexibility index (Phi) is 12.8. The number of hydrogen-bond donors (Lipinski definition) is 1. The van der Waals surface area contributed by atoms with Crippen LogP contribution in [0.15, 0.2) is 36.9 Å². The molecule has 0 radical (unpaired) electrons. The highest BCUT2D eigenvalue weighted by atomic mass is 16.6. The second kappa shape index (κ2) is 16.1. The number of esters is 1. The third kappa shape index (κ3) is 9.89. The summed E-state index contributed by atoms with van der Waals surface area (Å²) in [5.41, 5.74) is 1.41. The number of ether oxygens (including phenoxy) is 3. The van der Waals surface area contributed by atoms with E-state index in [1.165, 1.54) is 69.4 Å². The molecular formula is C31H48O5. The van der Waals surface area contributed by atoms with E-state index in [1.54, 1.807) is 0 Å². The highest BCUT2D eigenvalue weighted by Crippen LogP contribution is 2.38. The zero-order chi connectivity index (χ0) is 25.6. The molecule has 0 saturated heterocycles. The van der Waals surface area contributed by atoms with Crippen LogP contribution in [0.5, 0.6) is 5.75 Å². The third-order valence-electron chi connectivity index (χ3n) is 8.10. The van der Waals surface area contributed by atoms with Crippen LogP contribution in [-0.2, 0) is 14.3 Å². The van der Waals surface area contributed by atoms with Crippen molar-refractivity contribution in [3.05, 3.63) is 42.5 Å². The van der Waals surface area contributed by atoms with Gasteiger partial charge in [0.25, 0.3) is 0 Å². The van der Waals surface area contributed by atoms with Crippen LogP contribution in [0.25, 0.3) is 0 Å². The van der Waals surface area contributed by atoms with E-state index in [1.807, 2.05) is 12.1 Å². The van der Waals surface area contributed by atoms with E-state index >= 15 is 0 Å². The molecule has 2 fully saturated rings. The van der Waals surface area contributed by atoms with Crippen LogP contribution < -0.4 is 4.74 Å². The molecule has 5 nitrogen and oxygen atoms in total. The van der Waals surface area contributed by atoms with Crippen LogP contribution in [0.4, 0.5) is 0 Å². The molecule has 2 aliphatic rings. The number of carbonyl (C=O) groups excluding carboxylic acids is 1. The van der Waals surface area contributed by atoms with Crippen molar-refractivity contribution in [2.24, 2.45) is 11.8 Å². The van der Waals surface area contributed by atoms with E-state index in [0.717, 1.165) is 37.4 Å². The zero-order valence-corrected chi connectivity index (χ0v) is 22.4. The fourth-order valence-corrected chi connectivity index (χ4v) is 5.78. The summed E-state index contributed by atoms with van der Waals surface area (Å²) in [4.78, 5) is 11.0. The van der Waals surface area contributed by atoms with Crippen LogP contribution in [0.2, 0.25) is 0 Å². The van der Waals surface area contributed by atoms with Crippen molar-refractivity contribution in [1.82, 2.24) is 0 Å².